The van der Waals surface area contributed by atoms with Crippen LogP contribution in [0.3, 0.4) is 0 Å². The predicted molar refractivity (Wildman–Crippen MR) is 115 cm³/mol. The molecule has 1 aliphatic heterocycles. The van der Waals surface area contributed by atoms with E-state index >= 15 is 0 Å². The first-order valence-corrected chi connectivity index (χ1v) is 13.1. The smallest absolute Gasteiger partial charge is 0.331 e. The van der Waals surface area contributed by atoms with Crippen LogP contribution in [0, 0.1) is 0 Å². The van der Waals surface area contributed by atoms with Crippen LogP contribution in [-0.4, -0.2) is 65.6 Å². The maximum Gasteiger partial charge on any atom is 0.331 e. The summed E-state index contributed by atoms with van der Waals surface area (Å²) in [5.74, 6) is 0.369. The molecule has 0 aromatic rings. The fourth-order valence-corrected chi connectivity index (χ4v) is 4.98. The maximum atomic E-state index is 12.5. The quantitative estimate of drug-likeness (QED) is 0.188. The van der Waals surface area contributed by atoms with Crippen molar-refractivity contribution in [2.45, 2.75) is 95.7 Å². The van der Waals surface area contributed by atoms with Crippen LogP contribution in [0.1, 0.15) is 55.4 Å². The topological polar surface area (TPSA) is 74.2 Å². The predicted octanol–water partition coefficient (Wildman–Crippen LogP) is 4.20. The molecule has 0 aromatic heterocycles. The first-order valence-electron chi connectivity index (χ1n) is 9.10. The van der Waals surface area contributed by atoms with Crippen molar-refractivity contribution in [1.82, 2.24) is 0 Å². The van der Waals surface area contributed by atoms with Crippen LogP contribution in [0.4, 0.5) is 0 Å². The average molecular weight is 440 g/mol. The van der Waals surface area contributed by atoms with Crippen molar-refractivity contribution < 1.29 is 28.2 Å². The Bertz CT molecular complexity index is 509. The molecule has 5 atom stereocenters. The molecule has 0 aromatic carbocycles. The van der Waals surface area contributed by atoms with Crippen LogP contribution >= 0.6 is 29.2 Å². The van der Waals surface area contributed by atoms with Crippen LogP contribution in [0.25, 0.3) is 0 Å². The first kappa shape index (κ1) is 25.8. The van der Waals surface area contributed by atoms with Crippen LogP contribution in [0.15, 0.2) is 0 Å². The molecule has 27 heavy (non-hydrogen) atoms. The summed E-state index contributed by atoms with van der Waals surface area (Å²) in [5, 5.41) is 0. The first-order chi connectivity index (χ1) is 12.1. The van der Waals surface area contributed by atoms with Crippen LogP contribution in [0.2, 0.25) is 0 Å². The van der Waals surface area contributed by atoms with Gasteiger partial charge in [-0.1, -0.05) is 56.2 Å². The van der Waals surface area contributed by atoms with E-state index in [-0.39, 0.29) is 17.0 Å². The highest BCUT2D eigenvalue weighted by molar-refractivity contribution is 8.77. The van der Waals surface area contributed by atoms with Crippen molar-refractivity contribution in [2.24, 2.45) is 0 Å². The van der Waals surface area contributed by atoms with Gasteiger partial charge >= 0.3 is 7.60 Å². The van der Waals surface area contributed by atoms with Crippen LogP contribution < -0.4 is 0 Å². The Labute approximate surface area is 173 Å². The number of hydrogen-bond donors (Lipinski definition) is 1. The molecule has 1 aliphatic rings. The van der Waals surface area contributed by atoms with Gasteiger partial charge in [0.15, 0.2) is 0 Å². The Kier molecular flexibility index (Phi) is 9.76. The molecule has 2 unspecified atom stereocenters. The van der Waals surface area contributed by atoms with Crippen molar-refractivity contribution in [3.05, 3.63) is 0 Å². The van der Waals surface area contributed by atoms with Crippen molar-refractivity contribution in [1.29, 1.82) is 0 Å². The highest BCUT2D eigenvalue weighted by atomic mass is 33.1. The standard InChI is InChI=1S/C17H34BO6PS2/c1-11(2)25(19,20)24-13-12(9-22-16(3,4)5)23-15(18)14(13)21-10-26-27-17(6,7)8/h11-15H,9-10H2,1-8H3,(H,19,20)/t12-,13?,14+,15-/m1/s1. The lowest BCUT2D eigenvalue weighted by Gasteiger charge is -2.29. The second-order valence-corrected chi connectivity index (χ2v) is 14.3. The van der Waals surface area contributed by atoms with E-state index in [4.69, 9.17) is 26.6 Å². The van der Waals surface area contributed by atoms with Gasteiger partial charge in [-0.2, -0.15) is 0 Å². The second-order valence-electron chi connectivity index (χ2n) is 8.85. The monoisotopic (exact) mass is 440 g/mol. The second kappa shape index (κ2) is 10.2. The van der Waals surface area contributed by atoms with Crippen molar-refractivity contribution in [3.63, 3.8) is 0 Å². The normalized spacial score (nSPS) is 29.3. The third-order valence-electron chi connectivity index (χ3n) is 3.57. The number of ether oxygens (including phenoxy) is 3. The van der Waals surface area contributed by atoms with E-state index in [0.29, 0.717) is 5.94 Å². The van der Waals surface area contributed by atoms with E-state index in [0.717, 1.165) is 0 Å². The molecule has 0 amide bonds. The van der Waals surface area contributed by atoms with Crippen LogP contribution in [0.5, 0.6) is 0 Å². The van der Waals surface area contributed by atoms with E-state index in [1.54, 1.807) is 35.4 Å². The van der Waals surface area contributed by atoms with E-state index in [1.165, 1.54) is 0 Å². The zero-order chi connectivity index (χ0) is 21.0. The molecular weight excluding hydrogens is 406 g/mol. The van der Waals surface area contributed by atoms with E-state index in [9.17, 15) is 9.46 Å². The molecule has 0 saturated carbocycles. The molecule has 1 rings (SSSR count). The summed E-state index contributed by atoms with van der Waals surface area (Å²) in [7, 11) is 5.52. The SMILES string of the molecule is [B][C@@H]1O[C@H](COC(C)(C)C)C(OP(=O)(O)C(C)C)[C@@H]1OCSSC(C)(C)C. The molecule has 1 fully saturated rings. The summed E-state index contributed by atoms with van der Waals surface area (Å²) >= 11 is 0. The molecule has 10 heteroatoms. The molecule has 0 bridgehead atoms. The van der Waals surface area contributed by atoms with Gasteiger partial charge in [0.05, 0.1) is 17.9 Å². The van der Waals surface area contributed by atoms with Gasteiger partial charge in [-0.25, -0.2) is 0 Å². The fraction of sp³-hybridized carbons (Fsp3) is 1.00. The van der Waals surface area contributed by atoms with Gasteiger partial charge in [-0.3, -0.25) is 9.09 Å². The summed E-state index contributed by atoms with van der Waals surface area (Å²) in [4.78, 5) is 10.2. The Hall–Kier alpha value is 0.795. The van der Waals surface area contributed by atoms with Gasteiger partial charge in [0.1, 0.15) is 32.1 Å². The molecule has 0 spiro atoms. The van der Waals surface area contributed by atoms with Crippen LogP contribution in [-0.2, 0) is 23.3 Å². The molecule has 6 nitrogen and oxygen atoms in total. The average Bonchev–Trinajstić information content (AvgIpc) is 2.75. The van der Waals surface area contributed by atoms with E-state index in [2.05, 4.69) is 20.8 Å². The van der Waals surface area contributed by atoms with Crippen molar-refractivity contribution in [3.8, 4) is 0 Å². The van der Waals surface area contributed by atoms with Crippen molar-refractivity contribution in [2.75, 3.05) is 12.5 Å². The summed E-state index contributed by atoms with van der Waals surface area (Å²) in [6.45, 7) is 15.6. The highest BCUT2D eigenvalue weighted by Gasteiger charge is 2.47. The van der Waals surface area contributed by atoms with Crippen molar-refractivity contribution >= 4 is 37.0 Å². The summed E-state index contributed by atoms with van der Waals surface area (Å²) in [6, 6.07) is -0.754. The van der Waals surface area contributed by atoms with E-state index in [1.807, 2.05) is 20.8 Å². The molecule has 158 valence electrons. The fourth-order valence-electron chi connectivity index (χ4n) is 2.14. The summed E-state index contributed by atoms with van der Waals surface area (Å²) in [5.41, 5.74) is -0.915. The highest BCUT2D eigenvalue weighted by Crippen LogP contribution is 2.50. The molecule has 1 heterocycles. The Morgan fingerprint density at radius 1 is 1.19 bits per heavy atom. The Balaban J connectivity index is 2.82. The van der Waals surface area contributed by atoms with Gasteiger partial charge in [0, 0.05) is 10.8 Å². The minimum atomic E-state index is -3.83. The Morgan fingerprint density at radius 3 is 2.26 bits per heavy atom. The maximum absolute atomic E-state index is 12.5. The Morgan fingerprint density at radius 2 is 1.78 bits per heavy atom. The third-order valence-corrected chi connectivity index (χ3v) is 8.41. The molecule has 2 radical (unpaired) electrons. The zero-order valence-corrected chi connectivity index (χ0v) is 20.2. The van der Waals surface area contributed by atoms with Gasteiger partial charge < -0.3 is 19.1 Å². The van der Waals surface area contributed by atoms with Gasteiger partial charge in [-0.05, 0) is 20.8 Å². The largest absolute Gasteiger partial charge is 0.377 e. The minimum absolute atomic E-state index is 0.0970. The lowest BCUT2D eigenvalue weighted by atomic mass is 9.93. The minimum Gasteiger partial charge on any atom is -0.377 e. The molecule has 0 aliphatic carbocycles. The van der Waals surface area contributed by atoms with E-state index < -0.39 is 37.6 Å². The molecule has 1 N–H and O–H groups in total. The number of hydrogen-bond acceptors (Lipinski definition) is 7. The molecule has 1 saturated heterocycles. The van der Waals surface area contributed by atoms with Gasteiger partial charge in [0.2, 0.25) is 0 Å². The third kappa shape index (κ3) is 9.43. The lowest BCUT2D eigenvalue weighted by Crippen LogP contribution is -2.40. The van der Waals surface area contributed by atoms with Gasteiger partial charge in [0.25, 0.3) is 0 Å². The lowest BCUT2D eigenvalue weighted by molar-refractivity contribution is -0.0793. The van der Waals surface area contributed by atoms with Gasteiger partial charge in [-0.15, -0.1) is 0 Å². The summed E-state index contributed by atoms with van der Waals surface area (Å²) < 4.78 is 35.6. The zero-order valence-electron chi connectivity index (χ0n) is 17.6. The summed E-state index contributed by atoms with van der Waals surface area (Å²) in [6.07, 6.45) is -2.00. The number of rotatable bonds is 9. The molecular formula is C17H34BO6PS2.